The number of hydrogen-bond acceptors (Lipinski definition) is 2. The van der Waals surface area contributed by atoms with E-state index >= 15 is 0 Å². The molecule has 0 saturated heterocycles. The van der Waals surface area contributed by atoms with Crippen molar-refractivity contribution in [3.05, 3.63) is 54.1 Å². The van der Waals surface area contributed by atoms with E-state index in [9.17, 15) is 13.2 Å². The lowest BCUT2D eigenvalue weighted by molar-refractivity contribution is -0.137. The van der Waals surface area contributed by atoms with Gasteiger partial charge in [-0.05, 0) is 47.0 Å². The first-order valence-electron chi connectivity index (χ1n) is 6.72. The number of halogens is 3. The number of benzene rings is 2. The second-order valence-corrected chi connectivity index (χ2v) is 4.90. The van der Waals surface area contributed by atoms with Crippen LogP contribution < -0.4 is 9.47 Å². The van der Waals surface area contributed by atoms with Gasteiger partial charge in [0.2, 0.25) is 0 Å². The van der Waals surface area contributed by atoms with E-state index in [0.717, 1.165) is 12.1 Å². The van der Waals surface area contributed by atoms with Gasteiger partial charge in [-0.25, -0.2) is 0 Å². The van der Waals surface area contributed by atoms with Crippen LogP contribution in [-0.2, 0) is 6.18 Å². The largest absolute Gasteiger partial charge is 0.486 e. The summed E-state index contributed by atoms with van der Waals surface area (Å²) in [6, 6.07) is 8.98. The van der Waals surface area contributed by atoms with E-state index < -0.39 is 11.7 Å². The number of alkyl halides is 3. The molecule has 0 N–H and O–H groups in total. The minimum atomic E-state index is -4.40. The zero-order valence-corrected chi connectivity index (χ0v) is 11.6. The highest BCUT2D eigenvalue weighted by Gasteiger charge is 2.31. The van der Waals surface area contributed by atoms with Crippen LogP contribution in [0.2, 0.25) is 0 Å². The number of rotatable bonds is 2. The molecule has 2 nitrogen and oxygen atoms in total. The summed E-state index contributed by atoms with van der Waals surface area (Å²) in [6.07, 6.45) is -3.00. The second-order valence-electron chi connectivity index (χ2n) is 4.90. The smallest absolute Gasteiger partial charge is 0.416 e. The van der Waals surface area contributed by atoms with Gasteiger partial charge < -0.3 is 9.47 Å². The summed E-state index contributed by atoms with van der Waals surface area (Å²) in [6.45, 7) is 4.44. The van der Waals surface area contributed by atoms with Crippen molar-refractivity contribution < 1.29 is 22.6 Å². The van der Waals surface area contributed by atoms with Crippen LogP contribution in [-0.4, -0.2) is 13.2 Å². The molecule has 0 saturated carbocycles. The fraction of sp³-hybridized carbons (Fsp3) is 0.176. The molecule has 0 bridgehead atoms. The highest BCUT2D eigenvalue weighted by atomic mass is 19.4. The highest BCUT2D eigenvalue weighted by Crippen LogP contribution is 2.37. The lowest BCUT2D eigenvalue weighted by Crippen LogP contribution is -2.15. The Kier molecular flexibility index (Phi) is 3.56. The Morgan fingerprint density at radius 2 is 1.64 bits per heavy atom. The van der Waals surface area contributed by atoms with Crippen LogP contribution in [0, 0.1) is 0 Å². The van der Waals surface area contributed by atoms with Crippen molar-refractivity contribution in [1.82, 2.24) is 0 Å². The van der Waals surface area contributed by atoms with Crippen LogP contribution in [0.1, 0.15) is 11.1 Å². The molecule has 0 aromatic heterocycles. The SMILES string of the molecule is C=Cc1cc(-c2ccc3c(c2)OCCO3)cc(C(F)(F)F)c1. The monoisotopic (exact) mass is 306 g/mol. The van der Waals surface area contributed by atoms with E-state index in [1.54, 1.807) is 24.3 Å². The minimum absolute atomic E-state index is 0.416. The third kappa shape index (κ3) is 2.79. The van der Waals surface area contributed by atoms with Gasteiger partial charge in [0.1, 0.15) is 13.2 Å². The van der Waals surface area contributed by atoms with Crippen molar-refractivity contribution in [2.45, 2.75) is 6.18 Å². The molecule has 22 heavy (non-hydrogen) atoms. The van der Waals surface area contributed by atoms with Gasteiger partial charge in [-0.2, -0.15) is 13.2 Å². The summed E-state index contributed by atoms with van der Waals surface area (Å²) in [7, 11) is 0. The van der Waals surface area contributed by atoms with Crippen LogP contribution in [0.25, 0.3) is 17.2 Å². The summed E-state index contributed by atoms with van der Waals surface area (Å²) in [5, 5.41) is 0. The highest BCUT2D eigenvalue weighted by molar-refractivity contribution is 5.71. The predicted octanol–water partition coefficient (Wildman–Crippen LogP) is 4.79. The Morgan fingerprint density at radius 3 is 2.32 bits per heavy atom. The van der Waals surface area contributed by atoms with E-state index in [4.69, 9.17) is 9.47 Å². The molecule has 1 heterocycles. The van der Waals surface area contributed by atoms with Gasteiger partial charge in [-0.1, -0.05) is 18.7 Å². The second kappa shape index (κ2) is 5.40. The molecule has 0 spiro atoms. The molecule has 3 rings (SSSR count). The average molecular weight is 306 g/mol. The average Bonchev–Trinajstić information content (AvgIpc) is 2.53. The molecule has 5 heteroatoms. The van der Waals surface area contributed by atoms with Gasteiger partial charge in [0.25, 0.3) is 0 Å². The Labute approximate surface area is 125 Å². The maximum atomic E-state index is 13.0. The maximum absolute atomic E-state index is 13.0. The van der Waals surface area contributed by atoms with Gasteiger partial charge >= 0.3 is 6.18 Å². The van der Waals surface area contributed by atoms with Crippen LogP contribution in [0.5, 0.6) is 11.5 Å². The topological polar surface area (TPSA) is 18.5 Å². The van der Waals surface area contributed by atoms with Gasteiger partial charge in [0.15, 0.2) is 11.5 Å². The summed E-state index contributed by atoms with van der Waals surface area (Å²) in [4.78, 5) is 0. The molecule has 0 radical (unpaired) electrons. The number of hydrogen-bond donors (Lipinski definition) is 0. The molecule has 114 valence electrons. The van der Waals surface area contributed by atoms with Crippen molar-refractivity contribution in [2.75, 3.05) is 13.2 Å². The first-order valence-corrected chi connectivity index (χ1v) is 6.72. The summed E-state index contributed by atoms with van der Waals surface area (Å²) in [5.41, 5.74) is 0.814. The maximum Gasteiger partial charge on any atom is 0.416 e. The Morgan fingerprint density at radius 1 is 0.909 bits per heavy atom. The lowest BCUT2D eigenvalue weighted by atomic mass is 9.99. The van der Waals surface area contributed by atoms with Crippen molar-refractivity contribution in [1.29, 1.82) is 0 Å². The Balaban J connectivity index is 2.09. The van der Waals surface area contributed by atoms with Crippen LogP contribution in [0.3, 0.4) is 0 Å². The van der Waals surface area contributed by atoms with E-state index in [-0.39, 0.29) is 0 Å². The number of fused-ring (bicyclic) bond motifs is 1. The molecule has 0 amide bonds. The zero-order valence-electron chi connectivity index (χ0n) is 11.6. The normalized spacial score (nSPS) is 13.8. The van der Waals surface area contributed by atoms with E-state index in [2.05, 4.69) is 6.58 Å². The van der Waals surface area contributed by atoms with E-state index in [0.29, 0.717) is 41.4 Å². The van der Waals surface area contributed by atoms with E-state index in [1.165, 1.54) is 6.08 Å². The molecule has 0 aliphatic carbocycles. The van der Waals surface area contributed by atoms with Gasteiger partial charge in [-0.3, -0.25) is 0 Å². The molecule has 1 aliphatic rings. The van der Waals surface area contributed by atoms with Crippen molar-refractivity contribution >= 4 is 6.08 Å². The summed E-state index contributed by atoms with van der Waals surface area (Å²) >= 11 is 0. The molecule has 2 aromatic rings. The molecule has 0 unspecified atom stereocenters. The fourth-order valence-electron chi connectivity index (χ4n) is 2.32. The predicted molar refractivity (Wildman–Crippen MR) is 78.0 cm³/mol. The van der Waals surface area contributed by atoms with Gasteiger partial charge in [0.05, 0.1) is 5.56 Å². The molecule has 2 aromatic carbocycles. The quantitative estimate of drug-likeness (QED) is 0.794. The van der Waals surface area contributed by atoms with Crippen molar-refractivity contribution in [3.8, 4) is 22.6 Å². The third-order valence-electron chi connectivity index (χ3n) is 3.39. The molecular weight excluding hydrogens is 293 g/mol. The van der Waals surface area contributed by atoms with Crippen LogP contribution in [0.4, 0.5) is 13.2 Å². The Bertz CT molecular complexity index is 720. The van der Waals surface area contributed by atoms with E-state index in [1.807, 2.05) is 0 Å². The minimum Gasteiger partial charge on any atom is -0.486 e. The first kappa shape index (κ1) is 14.5. The fourth-order valence-corrected chi connectivity index (χ4v) is 2.32. The summed E-state index contributed by atoms with van der Waals surface area (Å²) < 4.78 is 49.9. The van der Waals surface area contributed by atoms with Crippen molar-refractivity contribution in [3.63, 3.8) is 0 Å². The molecule has 0 atom stereocenters. The van der Waals surface area contributed by atoms with Gasteiger partial charge in [0, 0.05) is 0 Å². The first-order chi connectivity index (χ1) is 10.5. The van der Waals surface area contributed by atoms with Crippen LogP contribution in [0.15, 0.2) is 43.0 Å². The van der Waals surface area contributed by atoms with Crippen molar-refractivity contribution in [2.24, 2.45) is 0 Å². The Hall–Kier alpha value is -2.43. The lowest BCUT2D eigenvalue weighted by Gasteiger charge is -2.19. The molecular formula is C17H13F3O2. The van der Waals surface area contributed by atoms with Gasteiger partial charge in [-0.15, -0.1) is 0 Å². The standard InChI is InChI=1S/C17H13F3O2/c1-2-11-7-13(9-14(8-11)17(18,19)20)12-3-4-15-16(10-12)22-6-5-21-15/h2-4,7-10H,1,5-6H2. The van der Waals surface area contributed by atoms with Crippen LogP contribution >= 0.6 is 0 Å². The number of ether oxygens (including phenoxy) is 2. The summed E-state index contributed by atoms with van der Waals surface area (Å²) in [5.74, 6) is 1.15. The molecule has 1 aliphatic heterocycles. The zero-order chi connectivity index (χ0) is 15.7. The molecule has 0 fully saturated rings. The third-order valence-corrected chi connectivity index (χ3v) is 3.39.